The lowest BCUT2D eigenvalue weighted by Gasteiger charge is -2.29. The predicted molar refractivity (Wildman–Crippen MR) is 137 cm³/mol. The first-order chi connectivity index (χ1) is 17.6. The van der Waals surface area contributed by atoms with Gasteiger partial charge in [-0.25, -0.2) is 4.68 Å². The molecule has 182 valence electrons. The summed E-state index contributed by atoms with van der Waals surface area (Å²) in [6, 6.07) is 18.1. The molecule has 1 amide bonds. The van der Waals surface area contributed by atoms with Crippen molar-refractivity contribution in [2.45, 2.75) is 19.9 Å². The lowest BCUT2D eigenvalue weighted by atomic mass is 9.94. The van der Waals surface area contributed by atoms with Crippen LogP contribution in [0.4, 0.5) is 11.6 Å². The van der Waals surface area contributed by atoms with Crippen LogP contribution in [0.2, 0.25) is 0 Å². The first kappa shape index (κ1) is 23.1. The molecule has 4 aromatic rings. The fourth-order valence-electron chi connectivity index (χ4n) is 4.28. The fourth-order valence-corrected chi connectivity index (χ4v) is 4.28. The molecule has 0 fully saturated rings. The van der Waals surface area contributed by atoms with Crippen LogP contribution in [-0.4, -0.2) is 39.4 Å². The van der Waals surface area contributed by atoms with Crippen molar-refractivity contribution < 1.29 is 14.3 Å². The van der Waals surface area contributed by atoms with Crippen LogP contribution < -0.4 is 20.1 Å². The van der Waals surface area contributed by atoms with Gasteiger partial charge in [0.2, 0.25) is 5.95 Å². The van der Waals surface area contributed by atoms with E-state index in [2.05, 4.69) is 15.6 Å². The first-order valence-corrected chi connectivity index (χ1v) is 11.6. The largest absolute Gasteiger partial charge is 0.495 e. The van der Waals surface area contributed by atoms with E-state index in [9.17, 15) is 4.79 Å². The summed E-state index contributed by atoms with van der Waals surface area (Å²) >= 11 is 0. The molecule has 0 aliphatic carbocycles. The van der Waals surface area contributed by atoms with E-state index in [1.807, 2.05) is 62.4 Å². The lowest BCUT2D eigenvalue weighted by Crippen LogP contribution is -2.31. The van der Waals surface area contributed by atoms with Gasteiger partial charge < -0.3 is 20.1 Å². The minimum Gasteiger partial charge on any atom is -0.495 e. The van der Waals surface area contributed by atoms with Gasteiger partial charge in [-0.15, -0.1) is 5.10 Å². The van der Waals surface area contributed by atoms with Gasteiger partial charge in [-0.2, -0.15) is 4.98 Å². The highest BCUT2D eigenvalue weighted by Gasteiger charge is 2.36. The molecule has 9 nitrogen and oxygen atoms in total. The Bertz CT molecular complexity index is 1430. The maximum Gasteiger partial charge on any atom is 0.255 e. The maximum atomic E-state index is 13.8. The number of hydrogen-bond donors (Lipinski definition) is 2. The highest BCUT2D eigenvalue weighted by molar-refractivity contribution is 6.06. The van der Waals surface area contributed by atoms with Crippen LogP contribution in [0, 0.1) is 0 Å². The molecule has 3 heterocycles. The Morgan fingerprint density at radius 2 is 1.86 bits per heavy atom. The van der Waals surface area contributed by atoms with Gasteiger partial charge in [0.15, 0.2) is 5.82 Å². The van der Waals surface area contributed by atoms with E-state index in [1.165, 1.54) is 0 Å². The van der Waals surface area contributed by atoms with Gasteiger partial charge in [-0.1, -0.05) is 30.3 Å². The molecule has 0 unspecified atom stereocenters. The average Bonchev–Trinajstić information content (AvgIpc) is 3.33. The standard InChI is InChI=1S/C27H26N6O3/c1-4-36-21-13-7-5-11-19(21)24-23(26(34)30-20-12-6-8-14-22(20)35-3)17(2)29-27-31-25(32-33(24)27)18-10-9-15-28-16-18/h5-16,24H,4H2,1-3H3,(H,30,34)(H,29,31,32)/t24-/m0/s1. The van der Waals surface area contributed by atoms with E-state index in [0.29, 0.717) is 46.8 Å². The molecule has 1 aliphatic rings. The highest BCUT2D eigenvalue weighted by atomic mass is 16.5. The SMILES string of the molecule is CCOc1ccccc1[C@H]1C(C(=O)Nc2ccccc2OC)=C(C)Nc2nc(-c3cccnc3)nn21. The first-order valence-electron chi connectivity index (χ1n) is 11.6. The summed E-state index contributed by atoms with van der Waals surface area (Å²) in [5.41, 5.74) is 3.30. The third-order valence-electron chi connectivity index (χ3n) is 5.89. The lowest BCUT2D eigenvalue weighted by molar-refractivity contribution is -0.113. The normalized spacial score (nSPS) is 14.6. The molecular formula is C27H26N6O3. The van der Waals surface area contributed by atoms with Crippen LogP contribution in [0.15, 0.2) is 84.3 Å². The minimum atomic E-state index is -0.586. The van der Waals surface area contributed by atoms with Crippen molar-refractivity contribution in [3.63, 3.8) is 0 Å². The zero-order valence-corrected chi connectivity index (χ0v) is 20.2. The molecule has 5 rings (SSSR count). The minimum absolute atomic E-state index is 0.287. The summed E-state index contributed by atoms with van der Waals surface area (Å²) in [6.07, 6.45) is 3.41. The summed E-state index contributed by atoms with van der Waals surface area (Å²) in [4.78, 5) is 22.7. The zero-order valence-electron chi connectivity index (χ0n) is 20.2. The van der Waals surface area contributed by atoms with Crippen molar-refractivity contribution in [1.29, 1.82) is 0 Å². The average molecular weight is 483 g/mol. The summed E-state index contributed by atoms with van der Waals surface area (Å²) in [5.74, 6) is 1.98. The Labute approximate surface area is 208 Å². The van der Waals surface area contributed by atoms with Crippen LogP contribution in [-0.2, 0) is 4.79 Å². The summed E-state index contributed by atoms with van der Waals surface area (Å²) in [7, 11) is 1.57. The molecule has 1 atom stereocenters. The molecule has 2 N–H and O–H groups in total. The number of para-hydroxylation sites is 3. The van der Waals surface area contributed by atoms with Crippen LogP contribution in [0.1, 0.15) is 25.5 Å². The third-order valence-corrected chi connectivity index (χ3v) is 5.89. The molecule has 1 aliphatic heterocycles. The summed E-state index contributed by atoms with van der Waals surface area (Å²) in [6.45, 7) is 4.27. The van der Waals surface area contributed by atoms with E-state index in [4.69, 9.17) is 19.6 Å². The van der Waals surface area contributed by atoms with Crippen LogP contribution >= 0.6 is 0 Å². The molecule has 2 aromatic heterocycles. The van der Waals surface area contributed by atoms with Crippen LogP contribution in [0.3, 0.4) is 0 Å². The van der Waals surface area contributed by atoms with Gasteiger partial charge in [-0.3, -0.25) is 9.78 Å². The second-order valence-electron chi connectivity index (χ2n) is 8.14. The van der Waals surface area contributed by atoms with Crippen molar-refractivity contribution in [3.8, 4) is 22.9 Å². The smallest absolute Gasteiger partial charge is 0.255 e. The van der Waals surface area contributed by atoms with E-state index in [0.717, 1.165) is 11.1 Å². The molecule has 0 bridgehead atoms. The number of fused-ring (bicyclic) bond motifs is 1. The maximum absolute atomic E-state index is 13.8. The summed E-state index contributed by atoms with van der Waals surface area (Å²) < 4.78 is 13.1. The Morgan fingerprint density at radius 3 is 2.61 bits per heavy atom. The van der Waals surface area contributed by atoms with Crippen molar-refractivity contribution in [2.24, 2.45) is 0 Å². The number of allylic oxidation sites excluding steroid dienone is 1. The fraction of sp³-hybridized carbons (Fsp3) is 0.185. The van der Waals surface area contributed by atoms with Gasteiger partial charge in [0, 0.05) is 29.2 Å². The van der Waals surface area contributed by atoms with Gasteiger partial charge in [0.1, 0.15) is 17.5 Å². The molecule has 0 saturated heterocycles. The van der Waals surface area contributed by atoms with Gasteiger partial charge >= 0.3 is 0 Å². The molecule has 36 heavy (non-hydrogen) atoms. The number of nitrogens with one attached hydrogen (secondary N) is 2. The number of aromatic nitrogens is 4. The molecule has 0 saturated carbocycles. The van der Waals surface area contributed by atoms with Gasteiger partial charge in [0.05, 0.1) is 25.0 Å². The number of amides is 1. The number of benzene rings is 2. The second-order valence-corrected chi connectivity index (χ2v) is 8.14. The Kier molecular flexibility index (Phi) is 6.36. The highest BCUT2D eigenvalue weighted by Crippen LogP contribution is 2.40. The number of ether oxygens (including phenoxy) is 2. The number of hydrogen-bond acceptors (Lipinski definition) is 7. The Morgan fingerprint density at radius 1 is 1.08 bits per heavy atom. The number of pyridine rings is 1. The number of rotatable bonds is 7. The quantitative estimate of drug-likeness (QED) is 0.394. The number of anilines is 2. The molecular weight excluding hydrogens is 456 g/mol. The monoisotopic (exact) mass is 482 g/mol. The Hall–Kier alpha value is -4.66. The topological polar surface area (TPSA) is 103 Å². The Balaban J connectivity index is 1.63. The van der Waals surface area contributed by atoms with Crippen LogP contribution in [0.25, 0.3) is 11.4 Å². The third kappa shape index (κ3) is 4.26. The van der Waals surface area contributed by atoms with E-state index < -0.39 is 6.04 Å². The van der Waals surface area contributed by atoms with Crippen LogP contribution in [0.5, 0.6) is 11.5 Å². The number of methoxy groups -OCH3 is 1. The number of carbonyl (C=O) groups excluding carboxylic acids is 1. The van der Waals surface area contributed by atoms with Gasteiger partial charge in [0.25, 0.3) is 5.91 Å². The molecule has 2 aromatic carbocycles. The van der Waals surface area contributed by atoms with Crippen molar-refractivity contribution in [2.75, 3.05) is 24.4 Å². The predicted octanol–water partition coefficient (Wildman–Crippen LogP) is 4.68. The van der Waals surface area contributed by atoms with Crippen molar-refractivity contribution in [1.82, 2.24) is 19.7 Å². The number of nitrogens with zero attached hydrogens (tertiary/aromatic N) is 4. The van der Waals surface area contributed by atoms with Gasteiger partial charge in [-0.05, 0) is 44.2 Å². The summed E-state index contributed by atoms with van der Waals surface area (Å²) in [5, 5.41) is 11.1. The molecule has 0 spiro atoms. The molecule has 9 heteroatoms. The van der Waals surface area contributed by atoms with E-state index in [1.54, 1.807) is 36.3 Å². The van der Waals surface area contributed by atoms with E-state index >= 15 is 0 Å². The molecule has 0 radical (unpaired) electrons. The van der Waals surface area contributed by atoms with Crippen molar-refractivity contribution >= 4 is 17.5 Å². The second kappa shape index (κ2) is 9.91. The number of carbonyl (C=O) groups is 1. The van der Waals surface area contributed by atoms with Crippen molar-refractivity contribution in [3.05, 3.63) is 89.9 Å². The zero-order chi connectivity index (χ0) is 25.1. The van der Waals surface area contributed by atoms with E-state index in [-0.39, 0.29) is 5.91 Å².